The van der Waals surface area contributed by atoms with Gasteiger partial charge in [0.1, 0.15) is 5.82 Å². The Morgan fingerprint density at radius 2 is 2.16 bits per heavy atom. The van der Waals surface area contributed by atoms with E-state index in [-0.39, 0.29) is 48.7 Å². The van der Waals surface area contributed by atoms with Gasteiger partial charge < -0.3 is 15.0 Å². The molecule has 2 aromatic rings. The average Bonchev–Trinajstić information content (AvgIpc) is 3.16. The predicted molar refractivity (Wildman–Crippen MR) is 110 cm³/mol. The van der Waals surface area contributed by atoms with Crippen molar-refractivity contribution < 1.29 is 23.5 Å². The molecule has 0 radical (unpaired) electrons. The Bertz CT molecular complexity index is 1010. The third-order valence-electron chi connectivity index (χ3n) is 4.10. The Hall–Kier alpha value is -3.61. The van der Waals surface area contributed by atoms with Crippen LogP contribution in [0.1, 0.15) is 24.2 Å². The lowest BCUT2D eigenvalue weighted by molar-refractivity contribution is -0.130. The Labute approximate surface area is 181 Å². The molecule has 13 heteroatoms. The zero-order valence-electron chi connectivity index (χ0n) is 16.8. The fourth-order valence-electron chi connectivity index (χ4n) is 2.52. The summed E-state index contributed by atoms with van der Waals surface area (Å²) in [6.07, 6.45) is -0.203. The lowest BCUT2D eigenvalue weighted by Crippen LogP contribution is -2.34. The van der Waals surface area contributed by atoms with Crippen molar-refractivity contribution in [1.82, 2.24) is 24.6 Å². The number of nitrogens with zero attached hydrogens (tertiary/aromatic N) is 5. The smallest absolute Gasteiger partial charge is 0.394 e. The second-order valence-electron chi connectivity index (χ2n) is 6.59. The molecule has 164 valence electrons. The molecule has 0 fully saturated rings. The van der Waals surface area contributed by atoms with E-state index in [1.165, 1.54) is 31.1 Å². The van der Waals surface area contributed by atoms with Crippen LogP contribution >= 0.6 is 11.5 Å². The van der Waals surface area contributed by atoms with Crippen molar-refractivity contribution in [2.45, 2.75) is 25.9 Å². The summed E-state index contributed by atoms with van der Waals surface area (Å²) in [5.41, 5.74) is 0.617. The number of hydrogen-bond acceptors (Lipinski definition) is 8. The zero-order chi connectivity index (χ0) is 22.4. The van der Waals surface area contributed by atoms with E-state index in [9.17, 15) is 18.8 Å². The number of rotatable bonds is 5. The Morgan fingerprint density at radius 3 is 2.90 bits per heavy atom. The minimum Gasteiger partial charge on any atom is -0.394 e. The summed E-state index contributed by atoms with van der Waals surface area (Å²) in [5, 5.41) is 10.4. The van der Waals surface area contributed by atoms with Crippen molar-refractivity contribution in [3.63, 3.8) is 0 Å². The van der Waals surface area contributed by atoms with Gasteiger partial charge in [0.15, 0.2) is 5.82 Å². The molecule has 2 heterocycles. The van der Waals surface area contributed by atoms with E-state index < -0.39 is 12.1 Å². The largest absolute Gasteiger partial charge is 0.416 e. The number of carbonyl (C=O) groups is 3. The first-order chi connectivity index (χ1) is 14.8. The topological polar surface area (TPSA) is 129 Å². The molecule has 0 saturated heterocycles. The molecule has 31 heavy (non-hydrogen) atoms. The molecular weight excluding hydrogens is 429 g/mol. The zero-order valence-corrected chi connectivity index (χ0v) is 17.6. The lowest BCUT2D eigenvalue weighted by atomic mass is 10.2. The van der Waals surface area contributed by atoms with Gasteiger partial charge in [0, 0.05) is 45.0 Å². The van der Waals surface area contributed by atoms with Crippen LogP contribution in [0.2, 0.25) is 0 Å². The number of nitrogens with one attached hydrogen (secondary N) is 2. The van der Waals surface area contributed by atoms with Crippen molar-refractivity contribution in [1.29, 1.82) is 0 Å². The van der Waals surface area contributed by atoms with Gasteiger partial charge in [0.2, 0.25) is 16.9 Å². The van der Waals surface area contributed by atoms with Gasteiger partial charge in [-0.1, -0.05) is 12.1 Å². The van der Waals surface area contributed by atoms with E-state index >= 15 is 0 Å². The van der Waals surface area contributed by atoms with Gasteiger partial charge >= 0.3 is 12.1 Å². The number of carbonyl (C=O) groups excluding carboxylic acids is 3. The van der Waals surface area contributed by atoms with Crippen molar-refractivity contribution in [2.24, 2.45) is 5.10 Å². The standard InChI is InChI=1S/C18H20FN7O4S/c1-25(18(29)30-14-6-7-15(27)26(2)23-14)10-13-21-17(31-24-13)22-16(28)20-9-11-4-3-5-12(19)8-11/h3-5,8H,6-7,9-10H2,1-2H3,(H2,20,21,22,24,28). The number of benzene rings is 1. The number of anilines is 1. The molecular formula is C18H20FN7O4S. The van der Waals surface area contributed by atoms with Crippen molar-refractivity contribution in [3.8, 4) is 0 Å². The van der Waals surface area contributed by atoms with Crippen molar-refractivity contribution in [3.05, 3.63) is 41.5 Å². The number of hydrogen-bond donors (Lipinski definition) is 2. The van der Waals surface area contributed by atoms with E-state index in [4.69, 9.17) is 4.74 Å². The Morgan fingerprint density at radius 1 is 1.35 bits per heavy atom. The van der Waals surface area contributed by atoms with E-state index in [1.807, 2.05) is 0 Å². The number of halogens is 1. The van der Waals surface area contributed by atoms with Gasteiger partial charge in [-0.25, -0.2) is 24.0 Å². The maximum absolute atomic E-state index is 13.2. The highest BCUT2D eigenvalue weighted by Gasteiger charge is 2.22. The van der Waals surface area contributed by atoms with Gasteiger partial charge in [-0.3, -0.25) is 10.1 Å². The molecule has 1 aliphatic rings. The molecule has 1 aliphatic heterocycles. The number of aromatic nitrogens is 2. The van der Waals surface area contributed by atoms with E-state index in [2.05, 4.69) is 25.1 Å². The van der Waals surface area contributed by atoms with E-state index in [0.717, 1.165) is 16.5 Å². The van der Waals surface area contributed by atoms with Crippen LogP contribution in [0.25, 0.3) is 0 Å². The second-order valence-corrected chi connectivity index (χ2v) is 7.34. The first-order valence-corrected chi connectivity index (χ1v) is 9.96. The molecule has 0 saturated carbocycles. The lowest BCUT2D eigenvalue weighted by Gasteiger charge is -2.20. The number of amides is 4. The summed E-state index contributed by atoms with van der Waals surface area (Å²) in [7, 11) is 2.99. The van der Waals surface area contributed by atoms with Crippen LogP contribution in [-0.2, 0) is 22.6 Å². The van der Waals surface area contributed by atoms with Crippen molar-refractivity contribution in [2.75, 3.05) is 19.4 Å². The maximum atomic E-state index is 13.2. The van der Waals surface area contributed by atoms with Crippen LogP contribution in [0.3, 0.4) is 0 Å². The monoisotopic (exact) mass is 449 g/mol. The molecule has 3 rings (SSSR count). The highest BCUT2D eigenvalue weighted by Crippen LogP contribution is 2.14. The van der Waals surface area contributed by atoms with Crippen LogP contribution in [0.15, 0.2) is 29.4 Å². The Balaban J connectivity index is 1.46. The molecule has 11 nitrogen and oxygen atoms in total. The normalized spacial score (nSPS) is 13.5. The first-order valence-electron chi connectivity index (χ1n) is 9.19. The summed E-state index contributed by atoms with van der Waals surface area (Å²) < 4.78 is 22.4. The van der Waals surface area contributed by atoms with Crippen LogP contribution < -0.4 is 10.6 Å². The van der Waals surface area contributed by atoms with Gasteiger partial charge in [-0.2, -0.15) is 4.37 Å². The van der Waals surface area contributed by atoms with Crippen LogP contribution in [-0.4, -0.2) is 57.3 Å². The maximum Gasteiger partial charge on any atom is 0.416 e. The van der Waals surface area contributed by atoms with E-state index in [0.29, 0.717) is 11.4 Å². The highest BCUT2D eigenvalue weighted by molar-refractivity contribution is 7.09. The number of urea groups is 1. The fraction of sp³-hybridized carbons (Fsp3) is 0.333. The third kappa shape index (κ3) is 6.44. The van der Waals surface area contributed by atoms with Crippen LogP contribution in [0, 0.1) is 5.82 Å². The second kappa shape index (κ2) is 9.93. The molecule has 1 aromatic heterocycles. The number of ether oxygens (including phenoxy) is 1. The SMILES string of the molecule is CN(Cc1nsc(NC(=O)NCc2cccc(F)c2)n1)C(=O)OC1=NN(C)C(=O)CC1. The summed E-state index contributed by atoms with van der Waals surface area (Å²) >= 11 is 0.952. The molecule has 2 N–H and O–H groups in total. The average molecular weight is 449 g/mol. The third-order valence-corrected chi connectivity index (χ3v) is 4.77. The highest BCUT2D eigenvalue weighted by atomic mass is 32.1. The van der Waals surface area contributed by atoms with Gasteiger partial charge in [-0.05, 0) is 17.7 Å². The molecule has 1 aromatic carbocycles. The minimum atomic E-state index is -0.668. The molecule has 0 bridgehead atoms. The number of hydrazone groups is 1. The predicted octanol–water partition coefficient (Wildman–Crippen LogP) is 2.13. The quantitative estimate of drug-likeness (QED) is 0.720. The summed E-state index contributed by atoms with van der Waals surface area (Å²) in [5.74, 6) is -0.0720. The minimum absolute atomic E-state index is 0.0456. The summed E-state index contributed by atoms with van der Waals surface area (Å²) in [6, 6.07) is 5.37. The van der Waals surface area contributed by atoms with Crippen molar-refractivity contribution >= 4 is 40.6 Å². The fourth-order valence-corrected chi connectivity index (χ4v) is 3.09. The van der Waals surface area contributed by atoms with Crippen LogP contribution in [0.5, 0.6) is 0 Å². The molecule has 0 atom stereocenters. The molecule has 0 unspecified atom stereocenters. The first kappa shape index (κ1) is 22.1. The summed E-state index contributed by atoms with van der Waals surface area (Å²) in [4.78, 5) is 41.0. The van der Waals surface area contributed by atoms with Gasteiger partial charge in [-0.15, -0.1) is 5.10 Å². The molecule has 0 spiro atoms. The molecule has 4 amide bonds. The molecule has 0 aliphatic carbocycles. The van der Waals surface area contributed by atoms with Gasteiger partial charge in [0.05, 0.1) is 6.54 Å². The summed E-state index contributed by atoms with van der Waals surface area (Å²) in [6.45, 7) is 0.193. The van der Waals surface area contributed by atoms with Crippen LogP contribution in [0.4, 0.5) is 19.1 Å². The Kier molecular flexibility index (Phi) is 7.07. The van der Waals surface area contributed by atoms with E-state index in [1.54, 1.807) is 12.1 Å². The van der Waals surface area contributed by atoms with Gasteiger partial charge in [0.25, 0.3) is 0 Å².